The van der Waals surface area contributed by atoms with Gasteiger partial charge in [-0.15, -0.1) is 10.2 Å². The summed E-state index contributed by atoms with van der Waals surface area (Å²) in [6, 6.07) is 6.39. The van der Waals surface area contributed by atoms with E-state index in [-0.39, 0.29) is 11.5 Å². The van der Waals surface area contributed by atoms with Crippen LogP contribution in [0.15, 0.2) is 18.2 Å². The molecule has 1 atom stereocenters. The maximum atomic E-state index is 6.14. The van der Waals surface area contributed by atoms with Gasteiger partial charge in [0.1, 0.15) is 5.01 Å². The second-order valence-electron chi connectivity index (χ2n) is 5.71. The van der Waals surface area contributed by atoms with Crippen molar-refractivity contribution < 1.29 is 0 Å². The maximum absolute atomic E-state index is 6.14. The highest BCUT2D eigenvalue weighted by Gasteiger charge is 2.39. The Balaban J connectivity index is 1.97. The van der Waals surface area contributed by atoms with Crippen molar-refractivity contribution in [1.82, 2.24) is 10.2 Å². The predicted molar refractivity (Wildman–Crippen MR) is 79.9 cm³/mol. The number of benzene rings is 1. The maximum Gasteiger partial charge on any atom is 0.206 e. The highest BCUT2D eigenvalue weighted by atomic mass is 35.5. The Kier molecular flexibility index (Phi) is 3.02. The normalized spacial score (nSPS) is 20.3. The first-order valence-electron chi connectivity index (χ1n) is 6.31. The van der Waals surface area contributed by atoms with E-state index in [9.17, 15) is 0 Å². The molecule has 0 spiro atoms. The third kappa shape index (κ3) is 2.35. The monoisotopic (exact) mass is 293 g/mol. The quantitative estimate of drug-likeness (QED) is 0.900. The minimum atomic E-state index is 0.145. The third-order valence-electron chi connectivity index (χ3n) is 3.64. The number of halogens is 1. The second-order valence-corrected chi connectivity index (χ2v) is 7.33. The van der Waals surface area contributed by atoms with Crippen molar-refractivity contribution in [2.24, 2.45) is 5.41 Å². The molecule has 1 N–H and O–H groups in total. The van der Waals surface area contributed by atoms with E-state index in [1.165, 1.54) is 11.1 Å². The SMILES string of the molecule is Cc1nnc(NC2c3cc(Cl)ccc3CC2(C)C)s1. The molecule has 0 fully saturated rings. The van der Waals surface area contributed by atoms with E-state index in [1.807, 2.05) is 13.0 Å². The molecule has 1 aliphatic rings. The fraction of sp³-hybridized carbons (Fsp3) is 0.429. The molecule has 5 heteroatoms. The highest BCUT2D eigenvalue weighted by Crippen LogP contribution is 2.47. The van der Waals surface area contributed by atoms with Gasteiger partial charge in [0.2, 0.25) is 5.13 Å². The van der Waals surface area contributed by atoms with Gasteiger partial charge in [-0.05, 0) is 42.0 Å². The van der Waals surface area contributed by atoms with Crippen LogP contribution < -0.4 is 5.32 Å². The van der Waals surface area contributed by atoms with Crippen LogP contribution in [0.25, 0.3) is 0 Å². The average molecular weight is 294 g/mol. The average Bonchev–Trinajstić information content (AvgIpc) is 2.83. The van der Waals surface area contributed by atoms with E-state index >= 15 is 0 Å². The van der Waals surface area contributed by atoms with Gasteiger partial charge in [-0.1, -0.05) is 42.9 Å². The predicted octanol–water partition coefficient (Wildman–Crippen LogP) is 4.24. The topological polar surface area (TPSA) is 37.8 Å². The fourth-order valence-electron chi connectivity index (χ4n) is 2.76. The van der Waals surface area contributed by atoms with Gasteiger partial charge in [-0.2, -0.15) is 0 Å². The molecule has 0 radical (unpaired) electrons. The molecule has 0 aliphatic heterocycles. The summed E-state index contributed by atoms with van der Waals surface area (Å²) in [5, 5.41) is 14.4. The number of hydrogen-bond acceptors (Lipinski definition) is 4. The van der Waals surface area contributed by atoms with Gasteiger partial charge in [0.15, 0.2) is 0 Å². The van der Waals surface area contributed by atoms with E-state index in [1.54, 1.807) is 11.3 Å². The zero-order valence-corrected chi connectivity index (χ0v) is 12.8. The molecule has 3 nitrogen and oxygen atoms in total. The zero-order valence-electron chi connectivity index (χ0n) is 11.2. The molecular weight excluding hydrogens is 278 g/mol. The van der Waals surface area contributed by atoms with Gasteiger partial charge in [0.05, 0.1) is 6.04 Å². The smallest absolute Gasteiger partial charge is 0.206 e. The molecule has 0 saturated carbocycles. The van der Waals surface area contributed by atoms with Crippen molar-refractivity contribution in [3.8, 4) is 0 Å². The first-order valence-corrected chi connectivity index (χ1v) is 7.50. The number of nitrogens with one attached hydrogen (secondary N) is 1. The number of aromatic nitrogens is 2. The molecule has 1 aromatic heterocycles. The lowest BCUT2D eigenvalue weighted by molar-refractivity contribution is 0.337. The van der Waals surface area contributed by atoms with Crippen LogP contribution in [0.1, 0.15) is 36.0 Å². The van der Waals surface area contributed by atoms with E-state index < -0.39 is 0 Å². The van der Waals surface area contributed by atoms with E-state index in [4.69, 9.17) is 11.6 Å². The standard InChI is InChI=1S/C14H16ClN3S/c1-8-17-18-13(19-8)16-12-11-6-10(15)5-4-9(11)7-14(12,2)3/h4-6,12H,7H2,1-3H3,(H,16,18). The van der Waals surface area contributed by atoms with E-state index in [0.717, 1.165) is 21.6 Å². The molecule has 0 bridgehead atoms. The van der Waals surface area contributed by atoms with Crippen molar-refractivity contribution in [2.45, 2.75) is 33.2 Å². The second kappa shape index (κ2) is 4.46. The summed E-state index contributed by atoms with van der Waals surface area (Å²) in [6.07, 6.45) is 1.05. The third-order valence-corrected chi connectivity index (χ3v) is 4.65. The van der Waals surface area contributed by atoms with Crippen LogP contribution in [0.3, 0.4) is 0 Å². The summed E-state index contributed by atoms with van der Waals surface area (Å²) in [5.41, 5.74) is 2.80. The van der Waals surface area contributed by atoms with Crippen molar-refractivity contribution in [3.63, 3.8) is 0 Å². The molecular formula is C14H16ClN3S. The molecule has 0 amide bonds. The lowest BCUT2D eigenvalue weighted by Gasteiger charge is -2.28. The van der Waals surface area contributed by atoms with Crippen LogP contribution in [0.2, 0.25) is 5.02 Å². The molecule has 1 unspecified atom stereocenters. The summed E-state index contributed by atoms with van der Waals surface area (Å²) in [4.78, 5) is 0. The first kappa shape index (κ1) is 12.9. The lowest BCUT2D eigenvalue weighted by Crippen LogP contribution is -2.24. The Morgan fingerprint density at radius 1 is 1.37 bits per heavy atom. The minimum Gasteiger partial charge on any atom is -0.353 e. The molecule has 19 heavy (non-hydrogen) atoms. The summed E-state index contributed by atoms with van der Waals surface area (Å²) >= 11 is 7.72. The van der Waals surface area contributed by atoms with Gasteiger partial charge < -0.3 is 5.32 Å². The largest absolute Gasteiger partial charge is 0.353 e. The number of aryl methyl sites for hydroxylation is 1. The lowest BCUT2D eigenvalue weighted by atomic mass is 9.85. The molecule has 3 rings (SSSR count). The van der Waals surface area contributed by atoms with Gasteiger partial charge in [-0.25, -0.2) is 0 Å². The van der Waals surface area contributed by atoms with Crippen molar-refractivity contribution in [1.29, 1.82) is 0 Å². The molecule has 100 valence electrons. The Hall–Kier alpha value is -1.13. The molecule has 0 saturated heterocycles. The number of hydrogen-bond donors (Lipinski definition) is 1. The Morgan fingerprint density at radius 2 is 2.16 bits per heavy atom. The molecule has 1 aromatic carbocycles. The Bertz CT molecular complexity index is 621. The number of nitrogens with zero attached hydrogens (tertiary/aromatic N) is 2. The Labute approximate surface area is 122 Å². The minimum absolute atomic E-state index is 0.145. The molecule has 1 heterocycles. The van der Waals surface area contributed by atoms with Crippen molar-refractivity contribution >= 4 is 28.1 Å². The van der Waals surface area contributed by atoms with Crippen molar-refractivity contribution in [2.75, 3.05) is 5.32 Å². The van der Waals surface area contributed by atoms with Crippen LogP contribution >= 0.6 is 22.9 Å². The van der Waals surface area contributed by atoms with E-state index in [0.29, 0.717) is 0 Å². The Morgan fingerprint density at radius 3 is 2.84 bits per heavy atom. The van der Waals surface area contributed by atoms with Crippen LogP contribution in [0.4, 0.5) is 5.13 Å². The van der Waals surface area contributed by atoms with Crippen LogP contribution in [-0.2, 0) is 6.42 Å². The van der Waals surface area contributed by atoms with Gasteiger partial charge in [0, 0.05) is 5.02 Å². The zero-order chi connectivity index (χ0) is 13.6. The van der Waals surface area contributed by atoms with Crippen LogP contribution in [0, 0.1) is 12.3 Å². The van der Waals surface area contributed by atoms with E-state index in [2.05, 4.69) is 41.5 Å². The summed E-state index contributed by atoms with van der Waals surface area (Å²) in [6.45, 7) is 6.51. The summed E-state index contributed by atoms with van der Waals surface area (Å²) in [5.74, 6) is 0. The summed E-state index contributed by atoms with van der Waals surface area (Å²) < 4.78 is 0. The van der Waals surface area contributed by atoms with Gasteiger partial charge in [-0.3, -0.25) is 0 Å². The van der Waals surface area contributed by atoms with Crippen LogP contribution in [0.5, 0.6) is 0 Å². The first-order chi connectivity index (χ1) is 8.95. The summed E-state index contributed by atoms with van der Waals surface area (Å²) in [7, 11) is 0. The number of rotatable bonds is 2. The van der Waals surface area contributed by atoms with Gasteiger partial charge in [0.25, 0.3) is 0 Å². The van der Waals surface area contributed by atoms with Crippen molar-refractivity contribution in [3.05, 3.63) is 39.4 Å². The number of anilines is 1. The highest BCUT2D eigenvalue weighted by molar-refractivity contribution is 7.15. The van der Waals surface area contributed by atoms with Gasteiger partial charge >= 0.3 is 0 Å². The fourth-order valence-corrected chi connectivity index (χ4v) is 3.56. The van der Waals surface area contributed by atoms with Crippen LogP contribution in [-0.4, -0.2) is 10.2 Å². The number of fused-ring (bicyclic) bond motifs is 1. The molecule has 1 aliphatic carbocycles. The molecule has 2 aromatic rings.